The fourth-order valence-corrected chi connectivity index (χ4v) is 4.13. The van der Waals surface area contributed by atoms with E-state index in [1.807, 2.05) is 19.2 Å². The van der Waals surface area contributed by atoms with Crippen LogP contribution >= 0.6 is 11.8 Å². The van der Waals surface area contributed by atoms with Crippen molar-refractivity contribution in [3.8, 4) is 0 Å². The van der Waals surface area contributed by atoms with Crippen LogP contribution in [0.5, 0.6) is 0 Å². The van der Waals surface area contributed by atoms with E-state index in [-0.39, 0.29) is 16.8 Å². The quantitative estimate of drug-likeness (QED) is 0.680. The molecule has 0 spiro atoms. The molecule has 2 N–H and O–H groups in total. The van der Waals surface area contributed by atoms with Crippen molar-refractivity contribution in [3.05, 3.63) is 54.0 Å². The molecule has 1 amide bonds. The van der Waals surface area contributed by atoms with Gasteiger partial charge in [0.2, 0.25) is 15.9 Å². The molecule has 8 heteroatoms. The molecule has 2 rings (SSSR count). The van der Waals surface area contributed by atoms with Crippen LogP contribution in [0, 0.1) is 6.92 Å². The third-order valence-electron chi connectivity index (χ3n) is 3.82. The van der Waals surface area contributed by atoms with Gasteiger partial charge in [0.1, 0.15) is 17.6 Å². The molecule has 142 valence electrons. The lowest BCUT2D eigenvalue weighted by atomic mass is 10.2. The average molecular weight is 397 g/mol. The Morgan fingerprint density at radius 3 is 2.46 bits per heavy atom. The average Bonchev–Trinajstić information content (AvgIpc) is 3.05. The highest BCUT2D eigenvalue weighted by molar-refractivity contribution is 7.98. The summed E-state index contributed by atoms with van der Waals surface area (Å²) in [6, 6.07) is 10.4. The van der Waals surface area contributed by atoms with E-state index in [1.54, 1.807) is 43.0 Å². The summed E-state index contributed by atoms with van der Waals surface area (Å²) in [6.45, 7) is 3.63. The van der Waals surface area contributed by atoms with Gasteiger partial charge in [0.05, 0.1) is 10.9 Å². The summed E-state index contributed by atoms with van der Waals surface area (Å²) in [5.41, 5.74) is 0. The van der Waals surface area contributed by atoms with E-state index in [0.717, 1.165) is 5.76 Å². The Morgan fingerprint density at radius 2 is 1.88 bits per heavy atom. The number of amides is 1. The molecule has 0 saturated heterocycles. The maximum Gasteiger partial charge on any atom is 0.241 e. The Bertz CT molecular complexity index is 819. The number of rotatable bonds is 9. The molecule has 1 aromatic heterocycles. The summed E-state index contributed by atoms with van der Waals surface area (Å²) in [6.07, 6.45) is 2.30. The lowest BCUT2D eigenvalue weighted by molar-refractivity contribution is -0.123. The first-order valence-corrected chi connectivity index (χ1v) is 11.1. The molecule has 0 saturated carbocycles. The lowest BCUT2D eigenvalue weighted by Gasteiger charge is -2.20. The van der Waals surface area contributed by atoms with Crippen molar-refractivity contribution in [2.24, 2.45) is 0 Å². The molecule has 0 aliphatic carbocycles. The molecule has 0 aliphatic heterocycles. The van der Waals surface area contributed by atoms with Crippen LogP contribution in [0.4, 0.5) is 0 Å². The van der Waals surface area contributed by atoms with E-state index >= 15 is 0 Å². The summed E-state index contributed by atoms with van der Waals surface area (Å²) in [7, 11) is -3.77. The van der Waals surface area contributed by atoms with E-state index in [1.165, 1.54) is 12.1 Å². The summed E-state index contributed by atoms with van der Waals surface area (Å²) >= 11 is 1.55. The lowest BCUT2D eigenvalue weighted by Crippen LogP contribution is -2.47. The third-order valence-corrected chi connectivity index (χ3v) is 5.96. The Balaban J connectivity index is 2.11. The largest absolute Gasteiger partial charge is 0.464 e. The Hall–Kier alpha value is -1.77. The normalized spacial score (nSPS) is 14.0. The van der Waals surface area contributed by atoms with Crippen LogP contribution in [0.25, 0.3) is 0 Å². The number of thioether (sulfide) groups is 1. The second-order valence-electron chi connectivity index (χ2n) is 5.95. The number of hydrogen-bond acceptors (Lipinski definition) is 5. The maximum atomic E-state index is 12.7. The predicted octanol–water partition coefficient (Wildman–Crippen LogP) is 2.87. The van der Waals surface area contributed by atoms with Crippen LogP contribution in [0.1, 0.15) is 30.9 Å². The molecule has 1 heterocycles. The molecule has 26 heavy (non-hydrogen) atoms. The van der Waals surface area contributed by atoms with Gasteiger partial charge in [-0.2, -0.15) is 16.5 Å². The third kappa shape index (κ3) is 5.62. The SMILES string of the molecule is CSCCC(NS(=O)(=O)c1ccccc1)C(=O)NC(C)c1ccc(C)o1. The van der Waals surface area contributed by atoms with Crippen LogP contribution in [0.15, 0.2) is 51.8 Å². The van der Waals surface area contributed by atoms with E-state index in [9.17, 15) is 13.2 Å². The molecular formula is C18H24N2O4S2. The van der Waals surface area contributed by atoms with Crippen molar-refractivity contribution < 1.29 is 17.6 Å². The molecular weight excluding hydrogens is 372 g/mol. The van der Waals surface area contributed by atoms with Gasteiger partial charge in [-0.25, -0.2) is 8.42 Å². The Morgan fingerprint density at radius 1 is 1.19 bits per heavy atom. The van der Waals surface area contributed by atoms with Crippen LogP contribution in [-0.4, -0.2) is 32.4 Å². The van der Waals surface area contributed by atoms with E-state index in [4.69, 9.17) is 4.42 Å². The van der Waals surface area contributed by atoms with Gasteiger partial charge in [-0.3, -0.25) is 4.79 Å². The molecule has 0 bridgehead atoms. The standard InChI is InChI=1S/C18H24N2O4S2/c1-13-9-10-17(24-13)14(2)19-18(21)16(11-12-25-3)20-26(22,23)15-7-5-4-6-8-15/h4-10,14,16,20H,11-12H2,1-3H3,(H,19,21). The first kappa shape index (κ1) is 20.5. The number of aryl methyl sites for hydroxylation is 1. The fraction of sp³-hybridized carbons (Fsp3) is 0.389. The Labute approximate surface area is 158 Å². The minimum atomic E-state index is -3.77. The minimum absolute atomic E-state index is 0.136. The van der Waals surface area contributed by atoms with E-state index < -0.39 is 16.1 Å². The van der Waals surface area contributed by atoms with E-state index in [2.05, 4.69) is 10.0 Å². The number of carbonyl (C=O) groups is 1. The molecule has 6 nitrogen and oxygen atoms in total. The molecule has 2 unspecified atom stereocenters. The van der Waals surface area contributed by atoms with Gasteiger partial charge in [-0.1, -0.05) is 18.2 Å². The van der Waals surface area contributed by atoms with Crippen molar-refractivity contribution in [3.63, 3.8) is 0 Å². The highest BCUT2D eigenvalue weighted by Gasteiger charge is 2.27. The highest BCUT2D eigenvalue weighted by Crippen LogP contribution is 2.17. The fourth-order valence-electron chi connectivity index (χ4n) is 2.41. The van der Waals surface area contributed by atoms with Gasteiger partial charge in [0.15, 0.2) is 0 Å². The first-order chi connectivity index (χ1) is 12.3. The second kappa shape index (κ2) is 9.25. The van der Waals surface area contributed by atoms with Crippen molar-refractivity contribution >= 4 is 27.7 Å². The zero-order valence-electron chi connectivity index (χ0n) is 15.1. The molecule has 0 radical (unpaired) electrons. The van der Waals surface area contributed by atoms with Crippen LogP contribution in [0.2, 0.25) is 0 Å². The number of nitrogens with one attached hydrogen (secondary N) is 2. The van der Waals surface area contributed by atoms with Crippen LogP contribution < -0.4 is 10.0 Å². The second-order valence-corrected chi connectivity index (χ2v) is 8.65. The van der Waals surface area contributed by atoms with Gasteiger partial charge >= 0.3 is 0 Å². The molecule has 2 atom stereocenters. The van der Waals surface area contributed by atoms with Crippen LogP contribution in [0.3, 0.4) is 0 Å². The number of sulfonamides is 1. The molecule has 1 aromatic carbocycles. The predicted molar refractivity (Wildman–Crippen MR) is 104 cm³/mol. The number of furan rings is 1. The van der Waals surface area contributed by atoms with Gasteiger partial charge in [-0.15, -0.1) is 0 Å². The van der Waals surface area contributed by atoms with Crippen molar-refractivity contribution in [2.75, 3.05) is 12.0 Å². The summed E-state index contributed by atoms with van der Waals surface area (Å²) < 4.78 is 33.1. The summed E-state index contributed by atoms with van der Waals surface area (Å²) in [5, 5.41) is 2.82. The topological polar surface area (TPSA) is 88.4 Å². The monoisotopic (exact) mass is 396 g/mol. The molecule has 0 aliphatic rings. The van der Waals surface area contributed by atoms with Gasteiger partial charge < -0.3 is 9.73 Å². The minimum Gasteiger partial charge on any atom is -0.464 e. The van der Waals surface area contributed by atoms with Gasteiger partial charge in [0, 0.05) is 0 Å². The highest BCUT2D eigenvalue weighted by atomic mass is 32.2. The van der Waals surface area contributed by atoms with Crippen molar-refractivity contribution in [1.29, 1.82) is 0 Å². The molecule has 0 fully saturated rings. The van der Waals surface area contributed by atoms with Crippen molar-refractivity contribution in [1.82, 2.24) is 10.0 Å². The summed E-state index contributed by atoms with van der Waals surface area (Å²) in [4.78, 5) is 12.8. The Kier molecular flexibility index (Phi) is 7.31. The first-order valence-electron chi connectivity index (χ1n) is 8.26. The van der Waals surface area contributed by atoms with Crippen molar-refractivity contribution in [2.45, 2.75) is 37.2 Å². The number of benzene rings is 1. The molecule has 2 aromatic rings. The summed E-state index contributed by atoms with van der Waals surface area (Å²) in [5.74, 6) is 1.67. The zero-order valence-corrected chi connectivity index (χ0v) is 16.7. The van der Waals surface area contributed by atoms with Gasteiger partial charge in [-0.05, 0) is 56.5 Å². The zero-order chi connectivity index (χ0) is 19.2. The van der Waals surface area contributed by atoms with Crippen LogP contribution in [-0.2, 0) is 14.8 Å². The number of hydrogen-bond donors (Lipinski definition) is 2. The number of carbonyl (C=O) groups excluding carboxylic acids is 1. The van der Waals surface area contributed by atoms with E-state index in [0.29, 0.717) is 17.9 Å². The smallest absolute Gasteiger partial charge is 0.241 e. The van der Waals surface area contributed by atoms with Gasteiger partial charge in [0.25, 0.3) is 0 Å². The maximum absolute atomic E-state index is 12.7.